The third kappa shape index (κ3) is 2.63. The number of hydrogen-bond donors (Lipinski definition) is 2. The fourth-order valence-electron chi connectivity index (χ4n) is 3.26. The normalized spacial score (nSPS) is 38.6. The lowest BCUT2D eigenvalue weighted by Crippen LogP contribution is -2.41. The van der Waals surface area contributed by atoms with Crippen molar-refractivity contribution in [3.8, 4) is 0 Å². The minimum absolute atomic E-state index is 0.219. The summed E-state index contributed by atoms with van der Waals surface area (Å²) >= 11 is 0. The van der Waals surface area contributed by atoms with Crippen molar-refractivity contribution in [1.82, 2.24) is 15.5 Å². The highest BCUT2D eigenvalue weighted by molar-refractivity contribution is 5.78. The highest BCUT2D eigenvalue weighted by Crippen LogP contribution is 2.33. The van der Waals surface area contributed by atoms with Crippen LogP contribution < -0.4 is 10.6 Å². The Bertz CT molecular complexity index is 303. The smallest absolute Gasteiger partial charge is 0.220 e. The van der Waals surface area contributed by atoms with Gasteiger partial charge in [-0.25, -0.2) is 0 Å². The Labute approximate surface area is 103 Å². The lowest BCUT2D eigenvalue weighted by molar-refractivity contribution is -0.119. The van der Waals surface area contributed by atoms with Crippen molar-refractivity contribution >= 4 is 5.91 Å². The van der Waals surface area contributed by atoms with Gasteiger partial charge in [-0.1, -0.05) is 0 Å². The molecular formula is C13H23N3O. The zero-order valence-corrected chi connectivity index (χ0v) is 10.6. The number of rotatable bonds is 4. The summed E-state index contributed by atoms with van der Waals surface area (Å²) in [5.41, 5.74) is 0. The van der Waals surface area contributed by atoms with Crippen molar-refractivity contribution in [3.05, 3.63) is 0 Å². The average Bonchev–Trinajstić information content (AvgIpc) is 2.95. The van der Waals surface area contributed by atoms with E-state index < -0.39 is 0 Å². The molecule has 1 amide bonds. The Morgan fingerprint density at radius 1 is 1.41 bits per heavy atom. The third-order valence-electron chi connectivity index (χ3n) is 4.38. The number of nitrogens with zero attached hydrogens (tertiary/aromatic N) is 1. The van der Waals surface area contributed by atoms with Gasteiger partial charge < -0.3 is 10.6 Å². The van der Waals surface area contributed by atoms with Crippen LogP contribution in [0, 0.1) is 0 Å². The molecule has 2 heterocycles. The van der Waals surface area contributed by atoms with E-state index in [1.54, 1.807) is 0 Å². The van der Waals surface area contributed by atoms with Crippen molar-refractivity contribution in [3.63, 3.8) is 0 Å². The van der Waals surface area contributed by atoms with Gasteiger partial charge in [0.1, 0.15) is 0 Å². The Balaban J connectivity index is 1.42. The van der Waals surface area contributed by atoms with Crippen LogP contribution in [0.5, 0.6) is 0 Å². The Hall–Kier alpha value is -0.610. The number of carbonyl (C=O) groups is 1. The largest absolute Gasteiger partial charge is 0.352 e. The second kappa shape index (κ2) is 4.58. The molecule has 0 aromatic carbocycles. The standard InChI is InChI=1S/C13H23N3O/c1-9-6-11(8-16(9)12-3-4-12)14-7-10-2-5-13(17)15-10/h9-12,14H,2-8H2,1H3,(H,15,17). The number of amides is 1. The van der Waals surface area contributed by atoms with Gasteiger partial charge in [0.15, 0.2) is 0 Å². The number of nitrogens with one attached hydrogen (secondary N) is 2. The van der Waals surface area contributed by atoms with E-state index in [2.05, 4.69) is 22.5 Å². The second-order valence-electron chi connectivity index (χ2n) is 5.92. The molecule has 1 saturated carbocycles. The van der Waals surface area contributed by atoms with Crippen LogP contribution in [0.2, 0.25) is 0 Å². The first kappa shape index (κ1) is 11.5. The maximum atomic E-state index is 11.1. The minimum atomic E-state index is 0.219. The summed E-state index contributed by atoms with van der Waals surface area (Å²) in [4.78, 5) is 13.8. The molecule has 2 N–H and O–H groups in total. The summed E-state index contributed by atoms with van der Waals surface area (Å²) < 4.78 is 0. The van der Waals surface area contributed by atoms with Crippen molar-refractivity contribution < 1.29 is 4.79 Å². The van der Waals surface area contributed by atoms with Gasteiger partial charge in [0, 0.05) is 43.7 Å². The molecule has 0 aromatic heterocycles. The van der Waals surface area contributed by atoms with Gasteiger partial charge in [0.2, 0.25) is 5.91 Å². The summed E-state index contributed by atoms with van der Waals surface area (Å²) in [6, 6.07) is 2.61. The molecule has 0 radical (unpaired) electrons. The lowest BCUT2D eigenvalue weighted by atomic mass is 10.1. The van der Waals surface area contributed by atoms with Gasteiger partial charge in [-0.15, -0.1) is 0 Å². The molecule has 3 fully saturated rings. The predicted molar refractivity (Wildman–Crippen MR) is 66.8 cm³/mol. The second-order valence-corrected chi connectivity index (χ2v) is 5.92. The van der Waals surface area contributed by atoms with E-state index in [1.165, 1.54) is 25.8 Å². The Kier molecular flexibility index (Phi) is 3.09. The summed E-state index contributed by atoms with van der Waals surface area (Å²) in [7, 11) is 0. The van der Waals surface area contributed by atoms with Crippen LogP contribution >= 0.6 is 0 Å². The van der Waals surface area contributed by atoms with Crippen LogP contribution in [0.4, 0.5) is 0 Å². The van der Waals surface area contributed by atoms with Crippen LogP contribution in [-0.4, -0.2) is 48.1 Å². The molecular weight excluding hydrogens is 214 g/mol. The van der Waals surface area contributed by atoms with Crippen LogP contribution in [0.3, 0.4) is 0 Å². The van der Waals surface area contributed by atoms with E-state index in [4.69, 9.17) is 0 Å². The van der Waals surface area contributed by atoms with E-state index in [9.17, 15) is 4.79 Å². The summed E-state index contributed by atoms with van der Waals surface area (Å²) in [5, 5.41) is 6.65. The van der Waals surface area contributed by atoms with E-state index in [0.717, 1.165) is 25.0 Å². The first-order valence-electron chi connectivity index (χ1n) is 7.01. The Morgan fingerprint density at radius 2 is 2.24 bits per heavy atom. The lowest BCUT2D eigenvalue weighted by Gasteiger charge is -2.20. The highest BCUT2D eigenvalue weighted by Gasteiger charge is 2.38. The molecule has 96 valence electrons. The number of carbonyl (C=O) groups excluding carboxylic acids is 1. The fourth-order valence-corrected chi connectivity index (χ4v) is 3.26. The first-order valence-corrected chi connectivity index (χ1v) is 7.01. The van der Waals surface area contributed by atoms with Crippen molar-refractivity contribution in [2.24, 2.45) is 0 Å². The Morgan fingerprint density at radius 3 is 2.88 bits per heavy atom. The van der Waals surface area contributed by atoms with Gasteiger partial charge in [0.05, 0.1) is 0 Å². The molecule has 4 heteroatoms. The van der Waals surface area contributed by atoms with Crippen molar-refractivity contribution in [2.75, 3.05) is 13.1 Å². The molecule has 3 unspecified atom stereocenters. The predicted octanol–water partition coefficient (Wildman–Crippen LogP) is 0.480. The van der Waals surface area contributed by atoms with Crippen LogP contribution in [0.1, 0.15) is 39.0 Å². The maximum absolute atomic E-state index is 11.1. The van der Waals surface area contributed by atoms with E-state index in [0.29, 0.717) is 18.5 Å². The summed E-state index contributed by atoms with van der Waals surface area (Å²) in [6.45, 7) is 4.49. The zero-order chi connectivity index (χ0) is 11.8. The fraction of sp³-hybridized carbons (Fsp3) is 0.923. The minimum Gasteiger partial charge on any atom is -0.352 e. The topological polar surface area (TPSA) is 44.4 Å². The molecule has 3 rings (SSSR count). The monoisotopic (exact) mass is 237 g/mol. The SMILES string of the molecule is CC1CC(NCC2CCC(=O)N2)CN1C1CC1. The van der Waals surface area contributed by atoms with Crippen molar-refractivity contribution in [2.45, 2.75) is 63.2 Å². The quantitative estimate of drug-likeness (QED) is 0.747. The molecule has 2 saturated heterocycles. The highest BCUT2D eigenvalue weighted by atomic mass is 16.1. The van der Waals surface area contributed by atoms with Crippen LogP contribution in [-0.2, 0) is 4.79 Å². The molecule has 0 aromatic rings. The van der Waals surface area contributed by atoms with Gasteiger partial charge >= 0.3 is 0 Å². The molecule has 17 heavy (non-hydrogen) atoms. The number of hydrogen-bond acceptors (Lipinski definition) is 3. The first-order chi connectivity index (χ1) is 8.22. The van der Waals surface area contributed by atoms with Gasteiger partial charge in [-0.2, -0.15) is 0 Å². The third-order valence-corrected chi connectivity index (χ3v) is 4.38. The van der Waals surface area contributed by atoms with Gasteiger partial charge in [-0.05, 0) is 32.6 Å². The van der Waals surface area contributed by atoms with Crippen molar-refractivity contribution in [1.29, 1.82) is 0 Å². The molecule has 0 bridgehead atoms. The molecule has 2 aliphatic heterocycles. The molecule has 3 atom stereocenters. The van der Waals surface area contributed by atoms with Crippen LogP contribution in [0.25, 0.3) is 0 Å². The summed E-state index contributed by atoms with van der Waals surface area (Å²) in [6.07, 6.45) is 5.77. The zero-order valence-electron chi connectivity index (χ0n) is 10.6. The molecule has 3 aliphatic rings. The molecule has 0 spiro atoms. The van der Waals surface area contributed by atoms with Gasteiger partial charge in [-0.3, -0.25) is 9.69 Å². The molecule has 4 nitrogen and oxygen atoms in total. The van der Waals surface area contributed by atoms with E-state index in [1.807, 2.05) is 0 Å². The average molecular weight is 237 g/mol. The maximum Gasteiger partial charge on any atom is 0.220 e. The van der Waals surface area contributed by atoms with E-state index >= 15 is 0 Å². The number of likely N-dealkylation sites (tertiary alicyclic amines) is 1. The molecule has 1 aliphatic carbocycles. The van der Waals surface area contributed by atoms with Crippen LogP contribution in [0.15, 0.2) is 0 Å². The summed E-state index contributed by atoms with van der Waals surface area (Å²) in [5.74, 6) is 0.219. The van der Waals surface area contributed by atoms with E-state index in [-0.39, 0.29) is 5.91 Å². The van der Waals surface area contributed by atoms with Gasteiger partial charge in [0.25, 0.3) is 0 Å².